The Balaban J connectivity index is 2.67. The van der Waals surface area contributed by atoms with Crippen molar-refractivity contribution in [2.24, 2.45) is 0 Å². The van der Waals surface area contributed by atoms with Gasteiger partial charge in [-0.2, -0.15) is 0 Å². The van der Waals surface area contributed by atoms with E-state index in [1.807, 2.05) is 32.1 Å². The fourth-order valence-corrected chi connectivity index (χ4v) is 4.00. The molecule has 1 aliphatic heterocycles. The van der Waals surface area contributed by atoms with Crippen molar-refractivity contribution in [3.63, 3.8) is 0 Å². The van der Waals surface area contributed by atoms with Crippen LogP contribution in [0.25, 0.3) is 0 Å². The Bertz CT molecular complexity index is 491. The van der Waals surface area contributed by atoms with Crippen molar-refractivity contribution in [3.8, 4) is 0 Å². The van der Waals surface area contributed by atoms with Crippen LogP contribution in [-0.4, -0.2) is 44.1 Å². The van der Waals surface area contributed by atoms with Crippen LogP contribution in [0.1, 0.15) is 67.2 Å². The molecule has 0 spiro atoms. The van der Waals surface area contributed by atoms with E-state index in [2.05, 4.69) is 40.8 Å². The van der Waals surface area contributed by atoms with E-state index in [4.69, 9.17) is 13.9 Å². The normalized spacial score (nSPS) is 23.4. The van der Waals surface area contributed by atoms with Gasteiger partial charge in [-0.25, -0.2) is 0 Å². The van der Waals surface area contributed by atoms with Gasteiger partial charge in [0, 0.05) is 0 Å². The number of rotatable bonds is 10. The fourth-order valence-electron chi connectivity index (χ4n) is 2.70. The van der Waals surface area contributed by atoms with Gasteiger partial charge in [0.2, 0.25) is 0 Å². The minimum Gasteiger partial charge on any atom is -0.411 e. The average molecular weight is 399 g/mol. The molecule has 3 atom stereocenters. The van der Waals surface area contributed by atoms with Crippen LogP contribution >= 0.6 is 0 Å². The summed E-state index contributed by atoms with van der Waals surface area (Å²) >= 11 is 0. The third-order valence-electron chi connectivity index (χ3n) is 5.42. The molecule has 1 aliphatic rings. The molecule has 0 aliphatic carbocycles. The van der Waals surface area contributed by atoms with Crippen molar-refractivity contribution in [2.45, 2.75) is 109 Å². The molecule has 0 aromatic rings. The van der Waals surface area contributed by atoms with E-state index in [9.17, 15) is 5.11 Å². The molecule has 158 valence electrons. The second-order valence-corrected chi connectivity index (χ2v) is 14.3. The van der Waals surface area contributed by atoms with Gasteiger partial charge in [-0.05, 0) is 38.4 Å². The average Bonchev–Trinajstić information content (AvgIpc) is 2.88. The number of hydrogen-bond donors (Lipinski definition) is 1. The van der Waals surface area contributed by atoms with Crippen molar-refractivity contribution in [3.05, 3.63) is 24.3 Å². The van der Waals surface area contributed by atoms with Gasteiger partial charge in [0.25, 0.3) is 0 Å². The summed E-state index contributed by atoms with van der Waals surface area (Å²) in [4.78, 5) is 0. The first-order valence-corrected chi connectivity index (χ1v) is 13.3. The summed E-state index contributed by atoms with van der Waals surface area (Å²) in [7, 11) is -1.84. The topological polar surface area (TPSA) is 47.9 Å². The maximum atomic E-state index is 10.3. The number of ether oxygens (including phenoxy) is 2. The molecule has 0 unspecified atom stereocenters. The second-order valence-electron chi connectivity index (χ2n) is 9.54. The number of aliphatic hydroxyl groups is 1. The number of aliphatic hydroxyl groups excluding tert-OH is 1. The standard InChI is InChI=1S/C22H42O4Si/c1-9-10-11-12-19(26-27(7,8)21(2,3)4)15-13-18(23)14-16-20-17-24-22(5,6)25-20/h13-16,18-20,23H,9-12,17H2,1-8H3/b15-13+,16-14+/t18-,19-,20+/m1/s1. The van der Waals surface area contributed by atoms with Gasteiger partial charge >= 0.3 is 0 Å². The molecule has 1 rings (SSSR count). The van der Waals surface area contributed by atoms with Crippen LogP contribution in [-0.2, 0) is 13.9 Å². The molecular formula is C22H42O4Si. The van der Waals surface area contributed by atoms with Crippen LogP contribution in [0.2, 0.25) is 18.1 Å². The van der Waals surface area contributed by atoms with Crippen LogP contribution in [0.3, 0.4) is 0 Å². The fraction of sp³-hybridized carbons (Fsp3) is 0.818. The van der Waals surface area contributed by atoms with Crippen LogP contribution in [0.5, 0.6) is 0 Å². The van der Waals surface area contributed by atoms with Gasteiger partial charge in [-0.3, -0.25) is 0 Å². The Kier molecular flexibility index (Phi) is 9.42. The highest BCUT2D eigenvalue weighted by Crippen LogP contribution is 2.38. The second kappa shape index (κ2) is 10.4. The first-order valence-electron chi connectivity index (χ1n) is 10.4. The highest BCUT2D eigenvalue weighted by atomic mass is 28.4. The summed E-state index contributed by atoms with van der Waals surface area (Å²) in [6.07, 6.45) is 11.4. The van der Waals surface area contributed by atoms with Crippen molar-refractivity contribution < 1.29 is 19.0 Å². The third kappa shape index (κ3) is 9.05. The summed E-state index contributed by atoms with van der Waals surface area (Å²) in [5, 5.41) is 10.5. The number of hydrogen-bond acceptors (Lipinski definition) is 4. The van der Waals surface area contributed by atoms with E-state index >= 15 is 0 Å². The molecule has 1 saturated heterocycles. The molecule has 0 bridgehead atoms. The molecular weight excluding hydrogens is 356 g/mol. The maximum absolute atomic E-state index is 10.3. The molecule has 0 aromatic heterocycles. The smallest absolute Gasteiger partial charge is 0.192 e. The molecule has 1 heterocycles. The first-order chi connectivity index (χ1) is 12.4. The van der Waals surface area contributed by atoms with Crippen molar-refractivity contribution in [1.82, 2.24) is 0 Å². The minimum atomic E-state index is -1.84. The van der Waals surface area contributed by atoms with Crippen LogP contribution in [0, 0.1) is 0 Å². The first kappa shape index (κ1) is 24.6. The van der Waals surface area contributed by atoms with Crippen molar-refractivity contribution in [2.75, 3.05) is 6.61 Å². The molecule has 0 saturated carbocycles. The molecule has 27 heavy (non-hydrogen) atoms. The lowest BCUT2D eigenvalue weighted by atomic mass is 10.1. The summed E-state index contributed by atoms with van der Waals surface area (Å²) < 4.78 is 17.8. The van der Waals surface area contributed by atoms with E-state index in [1.165, 1.54) is 12.8 Å². The predicted octanol–water partition coefficient (Wildman–Crippen LogP) is 5.58. The maximum Gasteiger partial charge on any atom is 0.192 e. The van der Waals surface area contributed by atoms with E-state index in [-0.39, 0.29) is 17.2 Å². The zero-order valence-electron chi connectivity index (χ0n) is 18.7. The SMILES string of the molecule is CCCCC[C@H](/C=C/[C@@H](O)/C=C/[C@H]1COC(C)(C)O1)O[Si](C)(C)C(C)(C)C. The third-order valence-corrected chi connectivity index (χ3v) is 9.93. The lowest BCUT2D eigenvalue weighted by Crippen LogP contribution is -2.43. The molecule has 0 aromatic carbocycles. The van der Waals surface area contributed by atoms with Crippen molar-refractivity contribution in [1.29, 1.82) is 0 Å². The molecule has 5 heteroatoms. The molecule has 1 fully saturated rings. The summed E-state index contributed by atoms with van der Waals surface area (Å²) in [5.74, 6) is -0.544. The Morgan fingerprint density at radius 1 is 1.19 bits per heavy atom. The van der Waals surface area contributed by atoms with Gasteiger partial charge in [0.1, 0.15) is 6.10 Å². The summed E-state index contributed by atoms with van der Waals surface area (Å²) in [6.45, 7) is 17.9. The van der Waals surface area contributed by atoms with Crippen LogP contribution < -0.4 is 0 Å². The van der Waals surface area contributed by atoms with Crippen molar-refractivity contribution >= 4 is 8.32 Å². The Hall–Kier alpha value is -0.463. The predicted molar refractivity (Wildman–Crippen MR) is 115 cm³/mol. The van der Waals surface area contributed by atoms with E-state index in [1.54, 1.807) is 6.08 Å². The van der Waals surface area contributed by atoms with Gasteiger partial charge in [-0.1, -0.05) is 71.3 Å². The largest absolute Gasteiger partial charge is 0.411 e. The van der Waals surface area contributed by atoms with Gasteiger partial charge in [0.15, 0.2) is 14.1 Å². The zero-order valence-corrected chi connectivity index (χ0v) is 19.7. The molecule has 4 nitrogen and oxygen atoms in total. The zero-order chi connectivity index (χ0) is 20.7. The van der Waals surface area contributed by atoms with Gasteiger partial charge in [-0.15, -0.1) is 0 Å². The molecule has 0 radical (unpaired) electrons. The monoisotopic (exact) mass is 398 g/mol. The lowest BCUT2D eigenvalue weighted by Gasteiger charge is -2.38. The highest BCUT2D eigenvalue weighted by Gasteiger charge is 2.38. The summed E-state index contributed by atoms with van der Waals surface area (Å²) in [6, 6.07) is 0. The Labute approximate surface area is 168 Å². The minimum absolute atomic E-state index is 0.0606. The van der Waals surface area contributed by atoms with E-state index in [0.29, 0.717) is 6.61 Å². The highest BCUT2D eigenvalue weighted by molar-refractivity contribution is 6.74. The lowest BCUT2D eigenvalue weighted by molar-refractivity contribution is -0.133. The summed E-state index contributed by atoms with van der Waals surface area (Å²) in [5.41, 5.74) is 0. The van der Waals surface area contributed by atoms with Gasteiger partial charge < -0.3 is 19.0 Å². The van der Waals surface area contributed by atoms with Crippen LogP contribution in [0.15, 0.2) is 24.3 Å². The van der Waals surface area contributed by atoms with E-state index in [0.717, 1.165) is 12.8 Å². The van der Waals surface area contributed by atoms with Crippen LogP contribution in [0.4, 0.5) is 0 Å². The van der Waals surface area contributed by atoms with E-state index < -0.39 is 20.2 Å². The molecule has 0 amide bonds. The number of unbranched alkanes of at least 4 members (excludes halogenated alkanes) is 2. The Morgan fingerprint density at radius 3 is 2.37 bits per heavy atom. The molecule has 1 N–H and O–H groups in total. The van der Waals surface area contributed by atoms with Gasteiger partial charge in [0.05, 0.1) is 18.8 Å². The Morgan fingerprint density at radius 2 is 1.85 bits per heavy atom. The quantitative estimate of drug-likeness (QED) is 0.296.